The van der Waals surface area contributed by atoms with Crippen LogP contribution in [-0.4, -0.2) is 103 Å². The smallest absolute Gasteiger partial charge is 0.248 e. The third kappa shape index (κ3) is 11.3. The van der Waals surface area contributed by atoms with Crippen LogP contribution in [0.5, 0.6) is 11.5 Å². The fraction of sp³-hybridized carbons (Fsp3) is 0.714. The summed E-state index contributed by atoms with van der Waals surface area (Å²) in [5, 5.41) is 33.6. The van der Waals surface area contributed by atoms with E-state index in [-0.39, 0.29) is 57.4 Å². The molecule has 2 aliphatic carbocycles. The van der Waals surface area contributed by atoms with Crippen molar-refractivity contribution >= 4 is 34.4 Å². The molecule has 0 heterocycles. The number of aliphatic hydroxyl groups is 3. The normalized spacial score (nSPS) is 24.6. The summed E-state index contributed by atoms with van der Waals surface area (Å²) in [4.78, 5) is 28.9. The zero-order valence-electron chi connectivity index (χ0n) is 28.7. The largest absolute Gasteiger partial charge is 0.493 e. The van der Waals surface area contributed by atoms with Crippen molar-refractivity contribution in [3.63, 3.8) is 0 Å². The first-order valence-corrected chi connectivity index (χ1v) is 17.9. The van der Waals surface area contributed by atoms with Gasteiger partial charge in [0.2, 0.25) is 11.8 Å². The Labute approximate surface area is 293 Å². The summed E-state index contributed by atoms with van der Waals surface area (Å²) in [6, 6.07) is 2.60. The molecule has 47 heavy (non-hydrogen) atoms. The molecular formula is C35H55IN2O9. The third-order valence-corrected chi connectivity index (χ3v) is 9.84. The molecule has 0 aliphatic heterocycles. The number of methoxy groups -OCH3 is 1. The number of aliphatic hydroxyl groups excluding tert-OH is 3. The molecule has 0 radical (unpaired) electrons. The van der Waals surface area contributed by atoms with Crippen LogP contribution < -0.4 is 14.8 Å². The molecule has 0 unspecified atom stereocenters. The number of benzene rings is 1. The number of amides is 2. The highest BCUT2D eigenvalue weighted by Crippen LogP contribution is 2.38. The quantitative estimate of drug-likeness (QED) is 0.137. The molecule has 4 N–H and O–H groups in total. The van der Waals surface area contributed by atoms with E-state index in [0.717, 1.165) is 19.3 Å². The van der Waals surface area contributed by atoms with Gasteiger partial charge in [-0.15, -0.1) is 0 Å². The molecule has 2 amide bonds. The molecule has 1 saturated carbocycles. The van der Waals surface area contributed by atoms with Gasteiger partial charge >= 0.3 is 0 Å². The van der Waals surface area contributed by atoms with Gasteiger partial charge in [0.15, 0.2) is 11.5 Å². The molecule has 6 atom stereocenters. The van der Waals surface area contributed by atoms with E-state index in [0.29, 0.717) is 57.0 Å². The highest BCUT2D eigenvalue weighted by Gasteiger charge is 2.41. The highest BCUT2D eigenvalue weighted by molar-refractivity contribution is 14.1. The van der Waals surface area contributed by atoms with E-state index in [1.54, 1.807) is 23.1 Å². The minimum atomic E-state index is -1.20. The molecule has 3 rings (SSSR count). The topological polar surface area (TPSA) is 147 Å². The van der Waals surface area contributed by atoms with Crippen LogP contribution in [0.1, 0.15) is 72.3 Å². The van der Waals surface area contributed by atoms with Crippen molar-refractivity contribution in [3.05, 3.63) is 32.9 Å². The molecule has 1 aromatic carbocycles. The van der Waals surface area contributed by atoms with Gasteiger partial charge in [0.1, 0.15) is 18.8 Å². The Kier molecular flexibility index (Phi) is 16.2. The Bertz CT molecular complexity index is 1190. The third-order valence-electron chi connectivity index (χ3n) is 9.04. The first-order valence-electron chi connectivity index (χ1n) is 16.8. The number of carbonyl (C=O) groups excluding carboxylic acids is 2. The predicted octanol–water partition coefficient (Wildman–Crippen LogP) is 3.83. The van der Waals surface area contributed by atoms with Crippen LogP contribution in [0, 0.1) is 21.3 Å². The van der Waals surface area contributed by atoms with Crippen molar-refractivity contribution in [3.8, 4) is 11.5 Å². The molecule has 12 heteroatoms. The summed E-state index contributed by atoms with van der Waals surface area (Å²) in [6.07, 6.45) is 3.07. The van der Waals surface area contributed by atoms with Crippen LogP contribution in [0.15, 0.2) is 23.8 Å². The lowest BCUT2D eigenvalue weighted by atomic mass is 9.75. The number of halogens is 1. The summed E-state index contributed by atoms with van der Waals surface area (Å²) in [5.41, 5.74) is 0.963. The second kappa shape index (κ2) is 19.3. The molecule has 2 aliphatic rings. The van der Waals surface area contributed by atoms with E-state index in [1.165, 1.54) is 7.11 Å². The van der Waals surface area contributed by atoms with Crippen LogP contribution in [0.2, 0.25) is 0 Å². The number of nitrogens with one attached hydrogen (secondary N) is 1. The van der Waals surface area contributed by atoms with Gasteiger partial charge in [0.25, 0.3) is 0 Å². The van der Waals surface area contributed by atoms with Gasteiger partial charge in [-0.05, 0) is 97.2 Å². The second-order valence-corrected chi connectivity index (χ2v) is 14.5. The Morgan fingerprint density at radius 1 is 1.15 bits per heavy atom. The molecule has 0 aromatic heterocycles. The minimum absolute atomic E-state index is 0.0289. The Hall–Kier alpha value is -1.97. The van der Waals surface area contributed by atoms with E-state index in [2.05, 4.69) is 48.7 Å². The van der Waals surface area contributed by atoms with E-state index >= 15 is 0 Å². The Morgan fingerprint density at radius 2 is 1.89 bits per heavy atom. The first kappa shape index (κ1) is 39.5. The van der Waals surface area contributed by atoms with Gasteiger partial charge in [0, 0.05) is 31.7 Å². The molecule has 266 valence electrons. The summed E-state index contributed by atoms with van der Waals surface area (Å²) in [6.45, 7) is 10.7. The van der Waals surface area contributed by atoms with Gasteiger partial charge in [-0.1, -0.05) is 27.2 Å². The van der Waals surface area contributed by atoms with Crippen molar-refractivity contribution in [2.75, 3.05) is 40.0 Å². The summed E-state index contributed by atoms with van der Waals surface area (Å²) < 4.78 is 24.7. The van der Waals surface area contributed by atoms with Crippen molar-refractivity contribution < 1.29 is 43.9 Å². The van der Waals surface area contributed by atoms with E-state index in [1.807, 2.05) is 13.8 Å². The Morgan fingerprint density at radius 3 is 2.53 bits per heavy atom. The van der Waals surface area contributed by atoms with E-state index in [4.69, 9.17) is 18.9 Å². The van der Waals surface area contributed by atoms with Gasteiger partial charge in [-0.2, -0.15) is 0 Å². The number of hydrogen-bond donors (Lipinski definition) is 4. The fourth-order valence-electron chi connectivity index (χ4n) is 6.49. The number of nitrogens with zero attached hydrogens (tertiary/aromatic N) is 1. The zero-order chi connectivity index (χ0) is 34.7. The monoisotopic (exact) mass is 774 g/mol. The summed E-state index contributed by atoms with van der Waals surface area (Å²) >= 11 is 2.07. The summed E-state index contributed by atoms with van der Waals surface area (Å²) in [7, 11) is 1.49. The highest BCUT2D eigenvalue weighted by atomic mass is 127. The number of carbonyl (C=O) groups is 2. The zero-order valence-corrected chi connectivity index (χ0v) is 30.9. The number of ether oxygens (including phenoxy) is 4. The average molecular weight is 775 g/mol. The lowest BCUT2D eigenvalue weighted by Gasteiger charge is -2.41. The SMILES string of the molecule is COc1cc(CO)cc(I)c1O[C@H]1C=C(C(=O)NCCO)C[C@@H](N(CCCOC(C)C)C(=O)CO[C@H]2C[C@@H](C)CC[C@@H]2C(C)C)[C@@H]1O. The number of rotatable bonds is 17. The molecule has 0 saturated heterocycles. The second-order valence-electron chi connectivity index (χ2n) is 13.3. The maximum atomic E-state index is 14.1. The molecule has 1 fully saturated rings. The maximum Gasteiger partial charge on any atom is 0.248 e. The lowest BCUT2D eigenvalue weighted by molar-refractivity contribution is -0.148. The Balaban J connectivity index is 1.94. The van der Waals surface area contributed by atoms with Crippen molar-refractivity contribution in [2.24, 2.45) is 17.8 Å². The van der Waals surface area contributed by atoms with Gasteiger partial charge in [-0.3, -0.25) is 9.59 Å². The van der Waals surface area contributed by atoms with Gasteiger partial charge in [0.05, 0.1) is 42.1 Å². The standard InChI is InChI=1S/C35H55IN2O9/c1-21(2)26-9-8-23(5)14-29(26)46-20-32(41)38(11-7-13-45-22(3)4)28-17-25(35(43)37-10-12-39)18-30(33(28)42)47-34-27(36)15-24(19-40)16-31(34)44-6/h15-16,18,21-23,26,28-30,33,39-40,42H,7-14,17,19-20H2,1-6H3,(H,37,43)/t23-,26+,28+,29-,30-,33-/m0/s1. The minimum Gasteiger partial charge on any atom is -0.493 e. The predicted molar refractivity (Wildman–Crippen MR) is 187 cm³/mol. The van der Waals surface area contributed by atoms with Crippen LogP contribution in [0.4, 0.5) is 0 Å². The molecule has 1 aromatic rings. The van der Waals surface area contributed by atoms with Gasteiger partial charge in [-0.25, -0.2) is 0 Å². The molecule has 0 spiro atoms. The van der Waals surface area contributed by atoms with Crippen molar-refractivity contribution in [1.29, 1.82) is 0 Å². The average Bonchev–Trinajstić information content (AvgIpc) is 3.03. The maximum absolute atomic E-state index is 14.1. The van der Waals surface area contributed by atoms with Crippen LogP contribution in [0.3, 0.4) is 0 Å². The lowest BCUT2D eigenvalue weighted by Crippen LogP contribution is -2.56. The fourth-order valence-corrected chi connectivity index (χ4v) is 7.28. The number of hydrogen-bond acceptors (Lipinski definition) is 9. The van der Waals surface area contributed by atoms with Crippen LogP contribution >= 0.6 is 22.6 Å². The van der Waals surface area contributed by atoms with E-state index < -0.39 is 24.2 Å². The van der Waals surface area contributed by atoms with Gasteiger partial charge < -0.3 is 44.5 Å². The molecular weight excluding hydrogens is 719 g/mol. The molecule has 11 nitrogen and oxygen atoms in total. The van der Waals surface area contributed by atoms with Crippen LogP contribution in [-0.2, 0) is 25.7 Å². The summed E-state index contributed by atoms with van der Waals surface area (Å²) in [5.74, 6) is 1.34. The van der Waals surface area contributed by atoms with E-state index in [9.17, 15) is 24.9 Å². The first-order chi connectivity index (χ1) is 22.4. The molecule has 0 bridgehead atoms. The van der Waals surface area contributed by atoms with Crippen molar-refractivity contribution in [2.45, 2.75) is 104 Å². The van der Waals surface area contributed by atoms with Crippen LogP contribution in [0.25, 0.3) is 0 Å². The van der Waals surface area contributed by atoms with Crippen molar-refractivity contribution in [1.82, 2.24) is 10.2 Å².